The van der Waals surface area contributed by atoms with E-state index in [1.165, 1.54) is 18.2 Å². The van der Waals surface area contributed by atoms with Crippen LogP contribution in [0.25, 0.3) is 0 Å². The minimum Gasteiger partial charge on any atom is -0.391 e. The summed E-state index contributed by atoms with van der Waals surface area (Å²) in [5.74, 6) is 0. The Morgan fingerprint density at radius 2 is 1.89 bits per heavy atom. The van der Waals surface area contributed by atoms with Gasteiger partial charge in [0.1, 0.15) is 0 Å². The summed E-state index contributed by atoms with van der Waals surface area (Å²) < 4.78 is 28.3. The van der Waals surface area contributed by atoms with Crippen LogP contribution in [0.2, 0.25) is 0 Å². The van der Waals surface area contributed by atoms with Crippen LogP contribution >= 0.6 is 0 Å². The first-order chi connectivity index (χ1) is 8.85. The van der Waals surface area contributed by atoms with Crippen molar-refractivity contribution in [1.29, 1.82) is 0 Å². The van der Waals surface area contributed by atoms with Gasteiger partial charge in [0.05, 0.1) is 23.7 Å². The van der Waals surface area contributed by atoms with Crippen LogP contribution in [-0.2, 0) is 14.3 Å². The fourth-order valence-electron chi connectivity index (χ4n) is 1.38. The molecule has 0 unspecified atom stereocenters. The lowest BCUT2D eigenvalue weighted by Gasteiger charge is -2.13. The number of aliphatic hydroxyl groups is 2. The van der Waals surface area contributed by atoms with Crippen LogP contribution in [0.1, 0.15) is 12.0 Å². The molecule has 1 aromatic carbocycles. The Morgan fingerprint density at radius 1 is 1.32 bits per heavy atom. The highest BCUT2D eigenvalue weighted by molar-refractivity contribution is 7.86. The summed E-state index contributed by atoms with van der Waals surface area (Å²) >= 11 is 0. The van der Waals surface area contributed by atoms with Gasteiger partial charge in [-0.1, -0.05) is 23.8 Å². The molecule has 0 aliphatic carbocycles. The van der Waals surface area contributed by atoms with E-state index in [9.17, 15) is 18.6 Å². The first-order valence-electron chi connectivity index (χ1n) is 5.80. The van der Waals surface area contributed by atoms with Crippen molar-refractivity contribution in [3.8, 4) is 0 Å². The summed E-state index contributed by atoms with van der Waals surface area (Å²) in [6.45, 7) is 4.80. The summed E-state index contributed by atoms with van der Waals surface area (Å²) in [4.78, 5) is 0.0366. The Labute approximate surface area is 113 Å². The van der Waals surface area contributed by atoms with Gasteiger partial charge in [0.2, 0.25) is 0 Å². The third-order valence-corrected chi connectivity index (χ3v) is 3.81. The number of aryl methyl sites for hydroxylation is 1. The molecule has 106 valence electrons. The van der Waals surface area contributed by atoms with Gasteiger partial charge in [0.25, 0.3) is 10.1 Å². The van der Waals surface area contributed by atoms with Gasteiger partial charge in [0, 0.05) is 6.42 Å². The topological polar surface area (TPSA) is 83.8 Å². The molecule has 1 aromatic rings. The van der Waals surface area contributed by atoms with Crippen LogP contribution in [0.4, 0.5) is 0 Å². The number of benzene rings is 1. The molecule has 0 saturated heterocycles. The molecule has 6 heteroatoms. The van der Waals surface area contributed by atoms with Crippen molar-refractivity contribution in [1.82, 2.24) is 0 Å². The smallest absolute Gasteiger partial charge is 0.297 e. The van der Waals surface area contributed by atoms with Crippen molar-refractivity contribution in [3.63, 3.8) is 0 Å². The minimum atomic E-state index is -3.88. The van der Waals surface area contributed by atoms with E-state index in [0.717, 1.165) is 5.56 Å². The summed E-state index contributed by atoms with van der Waals surface area (Å²) in [6.07, 6.45) is -0.723. The molecular weight excluding hydrogens is 268 g/mol. The number of hydrogen-bond donors (Lipinski definition) is 2. The maximum atomic E-state index is 11.8. The van der Waals surface area contributed by atoms with Gasteiger partial charge in [-0.2, -0.15) is 8.42 Å². The number of hydrogen-bond acceptors (Lipinski definition) is 5. The molecule has 0 heterocycles. The number of aliphatic hydroxyl groups excluding tert-OH is 2. The molecule has 0 aliphatic heterocycles. The molecule has 0 fully saturated rings. The lowest BCUT2D eigenvalue weighted by Crippen LogP contribution is -2.23. The molecule has 0 saturated carbocycles. The van der Waals surface area contributed by atoms with Crippen molar-refractivity contribution in [2.75, 3.05) is 6.61 Å². The van der Waals surface area contributed by atoms with Crippen molar-refractivity contribution in [3.05, 3.63) is 42.5 Å². The van der Waals surface area contributed by atoms with Crippen molar-refractivity contribution < 1.29 is 22.8 Å². The van der Waals surface area contributed by atoms with E-state index in [1.807, 2.05) is 6.92 Å². The van der Waals surface area contributed by atoms with E-state index in [-0.39, 0.29) is 11.3 Å². The molecule has 19 heavy (non-hydrogen) atoms. The third kappa shape index (κ3) is 5.12. The molecule has 0 amide bonds. The minimum absolute atomic E-state index is 0.0209. The van der Waals surface area contributed by atoms with Crippen molar-refractivity contribution >= 4 is 10.1 Å². The number of rotatable bonds is 7. The zero-order valence-electron chi connectivity index (χ0n) is 10.7. The molecule has 0 bridgehead atoms. The zero-order chi connectivity index (χ0) is 14.5. The van der Waals surface area contributed by atoms with Gasteiger partial charge in [-0.15, -0.1) is 6.58 Å². The Morgan fingerprint density at radius 3 is 2.42 bits per heavy atom. The SMILES string of the molecule is C=C[C@@H](O)C[C@H](O)COS(=O)(=O)c1ccc(C)cc1. The van der Waals surface area contributed by atoms with Crippen LogP contribution in [-0.4, -0.2) is 37.4 Å². The van der Waals surface area contributed by atoms with Gasteiger partial charge in [-0.3, -0.25) is 4.18 Å². The molecule has 0 aliphatic rings. The van der Waals surface area contributed by atoms with Crippen molar-refractivity contribution in [2.24, 2.45) is 0 Å². The first kappa shape index (κ1) is 15.8. The largest absolute Gasteiger partial charge is 0.391 e. The summed E-state index contributed by atoms with van der Waals surface area (Å²) in [7, 11) is -3.88. The molecule has 0 radical (unpaired) electrons. The van der Waals surface area contributed by atoms with E-state index in [1.54, 1.807) is 12.1 Å². The highest BCUT2D eigenvalue weighted by Crippen LogP contribution is 2.14. The second kappa shape index (κ2) is 6.81. The molecule has 2 N–H and O–H groups in total. The third-order valence-electron chi connectivity index (χ3n) is 2.51. The Hall–Kier alpha value is -1.21. The molecular formula is C13H18O5S. The Kier molecular flexibility index (Phi) is 5.68. The van der Waals surface area contributed by atoms with E-state index in [0.29, 0.717) is 0 Å². The van der Waals surface area contributed by atoms with E-state index in [4.69, 9.17) is 4.18 Å². The highest BCUT2D eigenvalue weighted by atomic mass is 32.2. The van der Waals surface area contributed by atoms with E-state index < -0.39 is 28.9 Å². The fourth-order valence-corrected chi connectivity index (χ4v) is 2.33. The summed E-state index contributed by atoms with van der Waals surface area (Å²) in [5.41, 5.74) is 0.938. The van der Waals surface area contributed by atoms with Gasteiger partial charge >= 0.3 is 0 Å². The lowest BCUT2D eigenvalue weighted by molar-refractivity contribution is 0.0663. The second-order valence-corrected chi connectivity index (χ2v) is 5.86. The van der Waals surface area contributed by atoms with E-state index >= 15 is 0 Å². The molecule has 0 spiro atoms. The van der Waals surface area contributed by atoms with Crippen LogP contribution in [0.3, 0.4) is 0 Å². The quantitative estimate of drug-likeness (QED) is 0.577. The zero-order valence-corrected chi connectivity index (χ0v) is 11.5. The maximum Gasteiger partial charge on any atom is 0.297 e. The van der Waals surface area contributed by atoms with Crippen LogP contribution < -0.4 is 0 Å². The Balaban J connectivity index is 2.60. The molecule has 5 nitrogen and oxygen atoms in total. The predicted octanol–water partition coefficient (Wildman–Crippen LogP) is 0.998. The molecule has 0 aromatic heterocycles. The lowest BCUT2D eigenvalue weighted by atomic mass is 10.2. The van der Waals surface area contributed by atoms with Crippen LogP contribution in [0, 0.1) is 6.92 Å². The standard InChI is InChI=1S/C13H18O5S/c1-3-11(14)8-12(15)9-18-19(16,17)13-6-4-10(2)5-7-13/h3-7,11-12,14-15H,1,8-9H2,2H3/t11-,12+/m1/s1. The molecule has 1 rings (SSSR count). The van der Waals surface area contributed by atoms with Gasteiger partial charge in [-0.05, 0) is 19.1 Å². The molecule has 2 atom stereocenters. The Bertz CT molecular complexity index is 506. The summed E-state index contributed by atoms with van der Waals surface area (Å²) in [5, 5.41) is 18.7. The predicted molar refractivity (Wildman–Crippen MR) is 71.1 cm³/mol. The normalized spacial score (nSPS) is 14.9. The van der Waals surface area contributed by atoms with Gasteiger partial charge in [-0.25, -0.2) is 0 Å². The van der Waals surface area contributed by atoms with Crippen molar-refractivity contribution in [2.45, 2.75) is 30.4 Å². The van der Waals surface area contributed by atoms with Crippen LogP contribution in [0.5, 0.6) is 0 Å². The first-order valence-corrected chi connectivity index (χ1v) is 7.21. The van der Waals surface area contributed by atoms with Crippen LogP contribution in [0.15, 0.2) is 41.8 Å². The summed E-state index contributed by atoms with van der Waals surface area (Å²) in [6, 6.07) is 6.20. The van der Waals surface area contributed by atoms with E-state index in [2.05, 4.69) is 6.58 Å². The highest BCUT2D eigenvalue weighted by Gasteiger charge is 2.18. The average molecular weight is 286 g/mol. The monoisotopic (exact) mass is 286 g/mol. The van der Waals surface area contributed by atoms with Gasteiger partial charge in [0.15, 0.2) is 0 Å². The average Bonchev–Trinajstić information content (AvgIpc) is 2.37. The van der Waals surface area contributed by atoms with Gasteiger partial charge < -0.3 is 10.2 Å². The maximum absolute atomic E-state index is 11.8. The fraction of sp³-hybridized carbons (Fsp3) is 0.385. The second-order valence-electron chi connectivity index (χ2n) is 4.24.